The summed E-state index contributed by atoms with van der Waals surface area (Å²) >= 11 is 0. The maximum absolute atomic E-state index is 12.8. The molecule has 0 aliphatic carbocycles. The van der Waals surface area contributed by atoms with Gasteiger partial charge in [-0.15, -0.1) is 6.58 Å². The van der Waals surface area contributed by atoms with Gasteiger partial charge in [-0.05, 0) is 54.1 Å². The van der Waals surface area contributed by atoms with Gasteiger partial charge in [-0.2, -0.15) is 5.10 Å². The van der Waals surface area contributed by atoms with Crippen LogP contribution in [-0.4, -0.2) is 23.8 Å². The highest BCUT2D eigenvalue weighted by molar-refractivity contribution is 5.81. The summed E-state index contributed by atoms with van der Waals surface area (Å²) in [5.41, 5.74) is 5.96. The van der Waals surface area contributed by atoms with Gasteiger partial charge in [0.05, 0.1) is 12.8 Å². The molecule has 2 rings (SSSR count). The van der Waals surface area contributed by atoms with E-state index < -0.39 is 6.03 Å². The zero-order valence-corrected chi connectivity index (χ0v) is 12.4. The third-order valence-corrected chi connectivity index (χ3v) is 2.83. The Balaban J connectivity index is 2.02. The average Bonchev–Trinajstić information content (AvgIpc) is 2.55. The molecule has 2 amide bonds. The maximum atomic E-state index is 12.8. The predicted molar refractivity (Wildman–Crippen MR) is 87.0 cm³/mol. The number of hydrogen-bond acceptors (Lipinski definition) is 3. The Morgan fingerprint density at radius 1 is 1.17 bits per heavy atom. The standard InChI is InChI=1S/C17H16FN3O2/c1-2-11-21(17(19)22)20-12-13-3-7-15(8-4-13)23-16-9-5-14(18)6-10-16/h2-10,12H,1,11H2,(H2,19,22). The van der Waals surface area contributed by atoms with Crippen molar-refractivity contribution >= 4 is 12.2 Å². The van der Waals surface area contributed by atoms with Gasteiger partial charge in [0.2, 0.25) is 0 Å². The molecule has 6 heteroatoms. The van der Waals surface area contributed by atoms with Crippen molar-refractivity contribution in [2.24, 2.45) is 10.8 Å². The van der Waals surface area contributed by atoms with E-state index in [0.717, 1.165) is 10.6 Å². The van der Waals surface area contributed by atoms with Crippen molar-refractivity contribution in [1.29, 1.82) is 0 Å². The van der Waals surface area contributed by atoms with E-state index in [0.29, 0.717) is 11.5 Å². The van der Waals surface area contributed by atoms with Crippen molar-refractivity contribution in [3.8, 4) is 11.5 Å². The SMILES string of the molecule is C=CCN(N=Cc1ccc(Oc2ccc(F)cc2)cc1)C(N)=O. The normalized spacial score (nSPS) is 10.5. The van der Waals surface area contributed by atoms with Crippen molar-refractivity contribution in [1.82, 2.24) is 5.01 Å². The van der Waals surface area contributed by atoms with Gasteiger partial charge in [0.15, 0.2) is 0 Å². The summed E-state index contributed by atoms with van der Waals surface area (Å²) in [5.74, 6) is 0.827. The van der Waals surface area contributed by atoms with Gasteiger partial charge in [-0.25, -0.2) is 14.2 Å². The number of carbonyl (C=O) groups is 1. The number of ether oxygens (including phenoxy) is 1. The van der Waals surface area contributed by atoms with Crippen LogP contribution < -0.4 is 10.5 Å². The lowest BCUT2D eigenvalue weighted by atomic mass is 10.2. The fraction of sp³-hybridized carbons (Fsp3) is 0.0588. The van der Waals surface area contributed by atoms with Crippen molar-refractivity contribution in [2.75, 3.05) is 6.54 Å². The second kappa shape index (κ2) is 7.74. The van der Waals surface area contributed by atoms with Crippen LogP contribution in [0.2, 0.25) is 0 Å². The Kier molecular flexibility index (Phi) is 5.46. The quantitative estimate of drug-likeness (QED) is 0.503. The van der Waals surface area contributed by atoms with Crippen LogP contribution in [0.3, 0.4) is 0 Å². The van der Waals surface area contributed by atoms with Gasteiger partial charge in [0.25, 0.3) is 0 Å². The highest BCUT2D eigenvalue weighted by Gasteiger charge is 2.04. The molecule has 5 nitrogen and oxygen atoms in total. The van der Waals surface area contributed by atoms with Crippen LogP contribution in [-0.2, 0) is 0 Å². The molecule has 0 unspecified atom stereocenters. The van der Waals surface area contributed by atoms with Crippen LogP contribution in [0.1, 0.15) is 5.56 Å². The van der Waals surface area contributed by atoms with Gasteiger partial charge in [-0.3, -0.25) is 0 Å². The second-order valence-corrected chi connectivity index (χ2v) is 4.58. The smallest absolute Gasteiger partial charge is 0.335 e. The number of carbonyl (C=O) groups excluding carboxylic acids is 1. The third kappa shape index (κ3) is 4.96. The Labute approximate surface area is 133 Å². The Morgan fingerprint density at radius 2 is 1.74 bits per heavy atom. The molecule has 0 radical (unpaired) electrons. The summed E-state index contributed by atoms with van der Waals surface area (Å²) in [6.45, 7) is 3.77. The summed E-state index contributed by atoms with van der Waals surface area (Å²) in [6.07, 6.45) is 3.04. The summed E-state index contributed by atoms with van der Waals surface area (Å²) in [5, 5.41) is 5.08. The summed E-state index contributed by atoms with van der Waals surface area (Å²) in [7, 11) is 0. The number of nitrogens with two attached hydrogens (primary N) is 1. The van der Waals surface area contributed by atoms with Crippen LogP contribution in [0.25, 0.3) is 0 Å². The van der Waals surface area contributed by atoms with Gasteiger partial charge < -0.3 is 10.5 Å². The van der Waals surface area contributed by atoms with Crippen molar-refractivity contribution in [3.05, 3.63) is 72.6 Å². The van der Waals surface area contributed by atoms with Crippen LogP contribution in [0, 0.1) is 5.82 Å². The van der Waals surface area contributed by atoms with Gasteiger partial charge in [-0.1, -0.05) is 6.08 Å². The average molecular weight is 313 g/mol. The molecule has 0 atom stereocenters. The molecular formula is C17H16FN3O2. The first kappa shape index (κ1) is 16.2. The zero-order valence-electron chi connectivity index (χ0n) is 12.4. The van der Waals surface area contributed by atoms with E-state index in [-0.39, 0.29) is 12.4 Å². The van der Waals surface area contributed by atoms with E-state index in [1.807, 2.05) is 0 Å². The van der Waals surface area contributed by atoms with E-state index in [1.165, 1.54) is 24.4 Å². The van der Waals surface area contributed by atoms with E-state index >= 15 is 0 Å². The highest BCUT2D eigenvalue weighted by Crippen LogP contribution is 2.21. The number of benzene rings is 2. The minimum Gasteiger partial charge on any atom is -0.457 e. The molecule has 2 N–H and O–H groups in total. The lowest BCUT2D eigenvalue weighted by Gasteiger charge is -2.11. The Morgan fingerprint density at radius 3 is 2.26 bits per heavy atom. The lowest BCUT2D eigenvalue weighted by molar-refractivity contribution is 0.215. The topological polar surface area (TPSA) is 67.9 Å². The molecule has 118 valence electrons. The molecule has 0 heterocycles. The first-order valence-corrected chi connectivity index (χ1v) is 6.84. The molecule has 2 aromatic rings. The molecule has 23 heavy (non-hydrogen) atoms. The molecule has 0 bridgehead atoms. The van der Waals surface area contributed by atoms with Crippen LogP contribution in [0.5, 0.6) is 11.5 Å². The van der Waals surface area contributed by atoms with Crippen LogP contribution >= 0.6 is 0 Å². The van der Waals surface area contributed by atoms with Gasteiger partial charge in [0, 0.05) is 0 Å². The number of urea groups is 1. The number of hydrazone groups is 1. The summed E-state index contributed by atoms with van der Waals surface area (Å²) < 4.78 is 18.4. The molecular weight excluding hydrogens is 297 g/mol. The van der Waals surface area contributed by atoms with E-state index in [1.54, 1.807) is 36.4 Å². The minimum atomic E-state index is -0.655. The molecule has 0 saturated heterocycles. The Bertz CT molecular complexity index is 697. The zero-order chi connectivity index (χ0) is 16.7. The summed E-state index contributed by atoms with van der Waals surface area (Å²) in [4.78, 5) is 11.1. The molecule has 0 saturated carbocycles. The number of halogens is 1. The predicted octanol–water partition coefficient (Wildman–Crippen LogP) is 3.52. The number of rotatable bonds is 6. The molecule has 0 aliphatic heterocycles. The number of amides is 2. The Hall–Kier alpha value is -3.15. The lowest BCUT2D eigenvalue weighted by Crippen LogP contribution is -2.31. The molecule has 0 fully saturated rings. The van der Waals surface area contributed by atoms with E-state index in [4.69, 9.17) is 10.5 Å². The first-order valence-electron chi connectivity index (χ1n) is 6.84. The maximum Gasteiger partial charge on any atom is 0.335 e. The minimum absolute atomic E-state index is 0.234. The van der Waals surface area contributed by atoms with Crippen LogP contribution in [0.4, 0.5) is 9.18 Å². The fourth-order valence-corrected chi connectivity index (χ4v) is 1.71. The monoisotopic (exact) mass is 313 g/mol. The largest absolute Gasteiger partial charge is 0.457 e. The van der Waals surface area contributed by atoms with Gasteiger partial charge >= 0.3 is 6.03 Å². The van der Waals surface area contributed by atoms with Crippen molar-refractivity contribution in [2.45, 2.75) is 0 Å². The van der Waals surface area contributed by atoms with E-state index in [2.05, 4.69) is 11.7 Å². The number of primary amides is 1. The van der Waals surface area contributed by atoms with Crippen molar-refractivity contribution in [3.63, 3.8) is 0 Å². The molecule has 0 aromatic heterocycles. The van der Waals surface area contributed by atoms with E-state index in [9.17, 15) is 9.18 Å². The van der Waals surface area contributed by atoms with Crippen LogP contribution in [0.15, 0.2) is 66.3 Å². The molecule has 0 spiro atoms. The molecule has 2 aromatic carbocycles. The first-order chi connectivity index (χ1) is 11.1. The number of nitrogens with zero attached hydrogens (tertiary/aromatic N) is 2. The number of hydrogen-bond donors (Lipinski definition) is 1. The third-order valence-electron chi connectivity index (χ3n) is 2.83. The highest BCUT2D eigenvalue weighted by atomic mass is 19.1. The van der Waals surface area contributed by atoms with Crippen molar-refractivity contribution < 1.29 is 13.9 Å². The molecule has 0 aliphatic rings. The fourth-order valence-electron chi connectivity index (χ4n) is 1.71. The summed E-state index contributed by atoms with van der Waals surface area (Å²) in [6, 6.07) is 12.1. The second-order valence-electron chi connectivity index (χ2n) is 4.58. The van der Waals surface area contributed by atoms with Gasteiger partial charge in [0.1, 0.15) is 17.3 Å².